The number of carbonyl (C=O) groups excluding carboxylic acids is 1. The summed E-state index contributed by atoms with van der Waals surface area (Å²) in [5.74, 6) is 5.28. The SMILES string of the molecule is CC=C(ON)C(=O)Oc1ccc(OC)cc1. The molecule has 1 rings (SSSR count). The van der Waals surface area contributed by atoms with Crippen LogP contribution in [0, 0.1) is 0 Å². The van der Waals surface area contributed by atoms with E-state index in [1.807, 2.05) is 0 Å². The molecule has 0 aliphatic heterocycles. The lowest BCUT2D eigenvalue weighted by molar-refractivity contribution is -0.134. The molecule has 0 heterocycles. The molecule has 1 aromatic rings. The van der Waals surface area contributed by atoms with Crippen LogP contribution >= 0.6 is 0 Å². The third-order valence-electron chi connectivity index (χ3n) is 1.86. The van der Waals surface area contributed by atoms with E-state index >= 15 is 0 Å². The van der Waals surface area contributed by atoms with Crippen molar-refractivity contribution in [3.8, 4) is 11.5 Å². The molecule has 16 heavy (non-hydrogen) atoms. The maximum Gasteiger partial charge on any atom is 0.381 e. The highest BCUT2D eigenvalue weighted by atomic mass is 16.6. The molecule has 2 N–H and O–H groups in total. The van der Waals surface area contributed by atoms with E-state index in [0.29, 0.717) is 11.5 Å². The fourth-order valence-electron chi connectivity index (χ4n) is 1.04. The van der Waals surface area contributed by atoms with Crippen LogP contribution in [0.1, 0.15) is 6.92 Å². The molecule has 0 atom stereocenters. The number of ether oxygens (including phenoxy) is 2. The summed E-state index contributed by atoms with van der Waals surface area (Å²) in [5.41, 5.74) is 0. The molecule has 0 amide bonds. The van der Waals surface area contributed by atoms with Crippen LogP contribution in [-0.4, -0.2) is 13.1 Å². The van der Waals surface area contributed by atoms with E-state index in [9.17, 15) is 4.79 Å². The van der Waals surface area contributed by atoms with Gasteiger partial charge in [-0.2, -0.15) is 5.90 Å². The molecule has 0 unspecified atom stereocenters. The van der Waals surface area contributed by atoms with Crippen molar-refractivity contribution in [2.75, 3.05) is 7.11 Å². The zero-order valence-electron chi connectivity index (χ0n) is 9.10. The van der Waals surface area contributed by atoms with Gasteiger partial charge in [0.25, 0.3) is 0 Å². The molecular weight excluding hydrogens is 210 g/mol. The van der Waals surface area contributed by atoms with Gasteiger partial charge in [-0.25, -0.2) is 4.79 Å². The first-order chi connectivity index (χ1) is 7.71. The molecule has 0 saturated heterocycles. The predicted octanol–water partition coefficient (Wildman–Crippen LogP) is 1.39. The first-order valence-corrected chi connectivity index (χ1v) is 4.60. The van der Waals surface area contributed by atoms with Crippen LogP contribution in [0.5, 0.6) is 11.5 Å². The minimum Gasteiger partial charge on any atom is -0.497 e. The molecule has 1 aromatic carbocycles. The van der Waals surface area contributed by atoms with Gasteiger partial charge < -0.3 is 14.3 Å². The number of rotatable bonds is 4. The maximum atomic E-state index is 11.4. The van der Waals surface area contributed by atoms with Crippen LogP contribution in [0.4, 0.5) is 0 Å². The monoisotopic (exact) mass is 223 g/mol. The summed E-state index contributed by atoms with van der Waals surface area (Å²) in [6, 6.07) is 6.59. The normalized spacial score (nSPS) is 10.8. The Balaban J connectivity index is 2.69. The first kappa shape index (κ1) is 12.1. The van der Waals surface area contributed by atoms with Crippen molar-refractivity contribution in [1.29, 1.82) is 0 Å². The predicted molar refractivity (Wildman–Crippen MR) is 57.7 cm³/mol. The number of nitrogens with two attached hydrogens (primary N) is 1. The van der Waals surface area contributed by atoms with Crippen molar-refractivity contribution in [1.82, 2.24) is 0 Å². The molecule has 0 bridgehead atoms. The Morgan fingerprint density at radius 3 is 2.25 bits per heavy atom. The van der Waals surface area contributed by atoms with E-state index in [4.69, 9.17) is 15.4 Å². The standard InChI is InChI=1S/C11H13NO4/c1-3-10(16-12)11(13)15-9-6-4-8(14-2)5-7-9/h3-7H,12H2,1-2H3. The lowest BCUT2D eigenvalue weighted by atomic mass is 10.3. The van der Waals surface area contributed by atoms with E-state index in [1.165, 1.54) is 6.08 Å². The van der Waals surface area contributed by atoms with Gasteiger partial charge in [-0.05, 0) is 37.3 Å². The highest BCUT2D eigenvalue weighted by molar-refractivity contribution is 5.87. The third-order valence-corrected chi connectivity index (χ3v) is 1.86. The molecule has 0 radical (unpaired) electrons. The fourth-order valence-corrected chi connectivity index (χ4v) is 1.04. The minimum atomic E-state index is -0.643. The highest BCUT2D eigenvalue weighted by Gasteiger charge is 2.12. The number of hydrogen-bond acceptors (Lipinski definition) is 5. The quantitative estimate of drug-likeness (QED) is 0.274. The first-order valence-electron chi connectivity index (χ1n) is 4.60. The number of hydrogen-bond donors (Lipinski definition) is 1. The summed E-state index contributed by atoms with van der Waals surface area (Å²) >= 11 is 0. The van der Waals surface area contributed by atoms with E-state index in [1.54, 1.807) is 38.3 Å². The number of benzene rings is 1. The van der Waals surface area contributed by atoms with Gasteiger partial charge in [0, 0.05) is 0 Å². The van der Waals surface area contributed by atoms with Crippen molar-refractivity contribution < 1.29 is 19.1 Å². The Morgan fingerprint density at radius 2 is 1.81 bits per heavy atom. The van der Waals surface area contributed by atoms with Crippen LogP contribution < -0.4 is 15.4 Å². The Morgan fingerprint density at radius 1 is 1.25 bits per heavy atom. The topological polar surface area (TPSA) is 70.8 Å². The summed E-state index contributed by atoms with van der Waals surface area (Å²) in [6.07, 6.45) is 1.42. The summed E-state index contributed by atoms with van der Waals surface area (Å²) in [6.45, 7) is 1.62. The molecular formula is C11H13NO4. The molecule has 0 fully saturated rings. The summed E-state index contributed by atoms with van der Waals surface area (Å²) in [7, 11) is 1.56. The lowest BCUT2D eigenvalue weighted by Gasteiger charge is -2.06. The highest BCUT2D eigenvalue weighted by Crippen LogP contribution is 2.17. The zero-order valence-corrected chi connectivity index (χ0v) is 9.10. The summed E-state index contributed by atoms with van der Waals surface area (Å²) in [4.78, 5) is 15.7. The molecule has 0 saturated carbocycles. The van der Waals surface area contributed by atoms with Gasteiger partial charge in [-0.1, -0.05) is 0 Å². The molecule has 0 aliphatic rings. The van der Waals surface area contributed by atoms with Gasteiger partial charge in [0.1, 0.15) is 11.5 Å². The van der Waals surface area contributed by atoms with Crippen molar-refractivity contribution >= 4 is 5.97 Å². The molecule has 0 aromatic heterocycles. The molecule has 5 nitrogen and oxygen atoms in total. The number of allylic oxidation sites excluding steroid dienone is 1. The van der Waals surface area contributed by atoms with Gasteiger partial charge in [0.2, 0.25) is 5.76 Å². The van der Waals surface area contributed by atoms with Gasteiger partial charge >= 0.3 is 5.97 Å². The Hall–Kier alpha value is -2.01. The van der Waals surface area contributed by atoms with E-state index < -0.39 is 5.97 Å². The van der Waals surface area contributed by atoms with Gasteiger partial charge in [-0.3, -0.25) is 0 Å². The van der Waals surface area contributed by atoms with Crippen molar-refractivity contribution in [3.63, 3.8) is 0 Å². The summed E-state index contributed by atoms with van der Waals surface area (Å²) in [5, 5.41) is 0. The average molecular weight is 223 g/mol. The van der Waals surface area contributed by atoms with Crippen molar-refractivity contribution in [2.24, 2.45) is 5.90 Å². The second kappa shape index (κ2) is 5.77. The second-order valence-corrected chi connectivity index (χ2v) is 2.84. The molecule has 5 heteroatoms. The van der Waals surface area contributed by atoms with Gasteiger partial charge in [-0.15, -0.1) is 0 Å². The van der Waals surface area contributed by atoms with Crippen LogP contribution in [0.3, 0.4) is 0 Å². The minimum absolute atomic E-state index is 0.0455. The van der Waals surface area contributed by atoms with Crippen LogP contribution in [0.15, 0.2) is 36.1 Å². The van der Waals surface area contributed by atoms with Gasteiger partial charge in [0.05, 0.1) is 7.11 Å². The molecule has 86 valence electrons. The Bertz CT molecular complexity index is 383. The number of carbonyl (C=O) groups is 1. The van der Waals surface area contributed by atoms with Crippen molar-refractivity contribution in [3.05, 3.63) is 36.1 Å². The zero-order chi connectivity index (χ0) is 12.0. The van der Waals surface area contributed by atoms with Crippen LogP contribution in [0.2, 0.25) is 0 Å². The second-order valence-electron chi connectivity index (χ2n) is 2.84. The molecule has 0 aliphatic carbocycles. The Labute approximate surface area is 93.4 Å². The maximum absolute atomic E-state index is 11.4. The van der Waals surface area contributed by atoms with E-state index in [-0.39, 0.29) is 5.76 Å². The van der Waals surface area contributed by atoms with Gasteiger partial charge in [0.15, 0.2) is 0 Å². The average Bonchev–Trinajstić information content (AvgIpc) is 2.31. The largest absolute Gasteiger partial charge is 0.497 e. The van der Waals surface area contributed by atoms with E-state index in [0.717, 1.165) is 0 Å². The summed E-state index contributed by atoms with van der Waals surface area (Å²) < 4.78 is 9.96. The van der Waals surface area contributed by atoms with E-state index in [2.05, 4.69) is 4.84 Å². The fraction of sp³-hybridized carbons (Fsp3) is 0.182. The third kappa shape index (κ3) is 2.99. The van der Waals surface area contributed by atoms with Crippen LogP contribution in [-0.2, 0) is 9.63 Å². The smallest absolute Gasteiger partial charge is 0.381 e. The van der Waals surface area contributed by atoms with Crippen molar-refractivity contribution in [2.45, 2.75) is 6.92 Å². The molecule has 0 spiro atoms. The number of esters is 1. The van der Waals surface area contributed by atoms with Crippen LogP contribution in [0.25, 0.3) is 0 Å². The number of methoxy groups -OCH3 is 1. The Kier molecular flexibility index (Phi) is 4.35. The lowest BCUT2D eigenvalue weighted by Crippen LogP contribution is -2.16.